The van der Waals surface area contributed by atoms with Gasteiger partial charge in [-0.25, -0.2) is 9.18 Å². The lowest BCUT2D eigenvalue weighted by molar-refractivity contribution is 0.206. The summed E-state index contributed by atoms with van der Waals surface area (Å²) in [4.78, 5) is 13.4. The van der Waals surface area contributed by atoms with Gasteiger partial charge in [-0.05, 0) is 36.5 Å². The van der Waals surface area contributed by atoms with Crippen molar-refractivity contribution in [1.82, 2.24) is 10.2 Å². The van der Waals surface area contributed by atoms with E-state index < -0.39 is 0 Å². The van der Waals surface area contributed by atoms with Crippen LogP contribution >= 0.6 is 0 Å². The van der Waals surface area contributed by atoms with Gasteiger partial charge in [0.2, 0.25) is 0 Å². The van der Waals surface area contributed by atoms with Gasteiger partial charge in [-0.3, -0.25) is 0 Å². The van der Waals surface area contributed by atoms with Gasteiger partial charge in [0.1, 0.15) is 5.82 Å². The van der Waals surface area contributed by atoms with Gasteiger partial charge in [0.25, 0.3) is 0 Å². The zero-order chi connectivity index (χ0) is 14.3. The predicted octanol–water partition coefficient (Wildman–Crippen LogP) is 3.40. The van der Waals surface area contributed by atoms with Gasteiger partial charge >= 0.3 is 6.03 Å². The van der Waals surface area contributed by atoms with E-state index in [4.69, 9.17) is 0 Å². The van der Waals surface area contributed by atoms with E-state index in [0.29, 0.717) is 19.0 Å². The van der Waals surface area contributed by atoms with Gasteiger partial charge in [-0.1, -0.05) is 26.0 Å². The van der Waals surface area contributed by atoms with Crippen LogP contribution in [0.1, 0.15) is 32.3 Å². The van der Waals surface area contributed by atoms with Gasteiger partial charge in [0.05, 0.1) is 0 Å². The molecular weight excluding hydrogens is 243 g/mol. The molecule has 0 unspecified atom stereocenters. The van der Waals surface area contributed by atoms with Gasteiger partial charge < -0.3 is 10.2 Å². The van der Waals surface area contributed by atoms with Crippen molar-refractivity contribution >= 4 is 6.03 Å². The fraction of sp³-hybridized carbons (Fsp3) is 0.533. The number of halogens is 1. The molecule has 0 radical (unpaired) electrons. The lowest BCUT2D eigenvalue weighted by atomic mass is 10.1. The molecule has 0 atom stereocenters. The summed E-state index contributed by atoms with van der Waals surface area (Å²) in [5, 5.41) is 2.87. The Kier molecular flexibility index (Phi) is 6.33. The van der Waals surface area contributed by atoms with Crippen LogP contribution in [0.15, 0.2) is 24.3 Å². The zero-order valence-electron chi connectivity index (χ0n) is 11.9. The van der Waals surface area contributed by atoms with E-state index in [1.54, 1.807) is 18.0 Å². The number of rotatable bonds is 6. The van der Waals surface area contributed by atoms with E-state index in [0.717, 1.165) is 18.4 Å². The average molecular weight is 266 g/mol. The molecule has 0 aliphatic carbocycles. The van der Waals surface area contributed by atoms with E-state index in [1.807, 2.05) is 6.07 Å². The highest BCUT2D eigenvalue weighted by Gasteiger charge is 2.08. The number of hydrogen-bond donors (Lipinski definition) is 1. The molecule has 1 aromatic rings. The summed E-state index contributed by atoms with van der Waals surface area (Å²) in [6.45, 7) is 5.42. The van der Waals surface area contributed by atoms with E-state index in [-0.39, 0.29) is 11.8 Å². The third-order valence-electron chi connectivity index (χ3n) is 2.89. The molecule has 0 saturated heterocycles. The summed E-state index contributed by atoms with van der Waals surface area (Å²) in [6.07, 6.45) is 2.09. The fourth-order valence-corrected chi connectivity index (χ4v) is 1.82. The second-order valence-corrected chi connectivity index (χ2v) is 5.25. The second kappa shape index (κ2) is 7.77. The first-order valence-corrected chi connectivity index (χ1v) is 6.72. The molecule has 0 spiro atoms. The Morgan fingerprint density at radius 3 is 2.79 bits per heavy atom. The minimum absolute atomic E-state index is 0.118. The third-order valence-corrected chi connectivity index (χ3v) is 2.89. The summed E-state index contributed by atoms with van der Waals surface area (Å²) in [7, 11) is 1.71. The molecule has 1 aromatic carbocycles. The minimum atomic E-state index is -0.275. The average Bonchev–Trinajstić information content (AvgIpc) is 2.34. The summed E-state index contributed by atoms with van der Waals surface area (Å²) < 4.78 is 13.0. The van der Waals surface area contributed by atoms with Crippen molar-refractivity contribution in [2.45, 2.75) is 33.2 Å². The quantitative estimate of drug-likeness (QED) is 0.786. The number of nitrogens with one attached hydrogen (secondary N) is 1. The van der Waals surface area contributed by atoms with Crippen molar-refractivity contribution in [3.63, 3.8) is 0 Å². The van der Waals surface area contributed by atoms with E-state index in [1.165, 1.54) is 12.1 Å². The molecule has 0 saturated carbocycles. The minimum Gasteiger partial charge on any atom is -0.338 e. The van der Waals surface area contributed by atoms with Crippen molar-refractivity contribution in [2.24, 2.45) is 5.92 Å². The van der Waals surface area contributed by atoms with Crippen molar-refractivity contribution in [2.75, 3.05) is 13.6 Å². The summed E-state index contributed by atoms with van der Waals surface area (Å²) in [5.41, 5.74) is 0.792. The third kappa shape index (κ3) is 6.22. The number of urea groups is 1. The Balaban J connectivity index is 2.32. The monoisotopic (exact) mass is 266 g/mol. The fourth-order valence-electron chi connectivity index (χ4n) is 1.82. The highest BCUT2D eigenvalue weighted by Crippen LogP contribution is 2.06. The number of nitrogens with zero attached hydrogens (tertiary/aromatic N) is 1. The second-order valence-electron chi connectivity index (χ2n) is 5.25. The van der Waals surface area contributed by atoms with Crippen LogP contribution < -0.4 is 5.32 Å². The van der Waals surface area contributed by atoms with E-state index in [2.05, 4.69) is 19.2 Å². The summed E-state index contributed by atoms with van der Waals surface area (Å²) in [6, 6.07) is 6.19. The Morgan fingerprint density at radius 2 is 2.16 bits per heavy atom. The standard InChI is InChI=1S/C15H23FN2O/c1-12(2)6-5-9-17-15(19)18(3)11-13-7-4-8-14(16)10-13/h4,7-8,10,12H,5-6,9,11H2,1-3H3,(H,17,19). The van der Waals surface area contributed by atoms with Crippen molar-refractivity contribution in [3.8, 4) is 0 Å². The van der Waals surface area contributed by atoms with Crippen LogP contribution in [0.5, 0.6) is 0 Å². The van der Waals surface area contributed by atoms with Gasteiger partial charge in [-0.2, -0.15) is 0 Å². The van der Waals surface area contributed by atoms with E-state index >= 15 is 0 Å². The van der Waals surface area contributed by atoms with Gasteiger partial charge in [0.15, 0.2) is 0 Å². The summed E-state index contributed by atoms with van der Waals surface area (Å²) in [5.74, 6) is 0.380. The van der Waals surface area contributed by atoms with Crippen LogP contribution in [0, 0.1) is 11.7 Å². The van der Waals surface area contributed by atoms with Crippen LogP contribution in [0.2, 0.25) is 0 Å². The van der Waals surface area contributed by atoms with E-state index in [9.17, 15) is 9.18 Å². The largest absolute Gasteiger partial charge is 0.338 e. The Labute approximate surface area is 114 Å². The number of carbonyl (C=O) groups excluding carboxylic acids is 1. The maximum absolute atomic E-state index is 13.0. The van der Waals surface area contributed by atoms with Crippen molar-refractivity contribution < 1.29 is 9.18 Å². The topological polar surface area (TPSA) is 32.3 Å². The van der Waals surface area contributed by atoms with Crippen LogP contribution in [0.3, 0.4) is 0 Å². The maximum Gasteiger partial charge on any atom is 0.317 e. The molecule has 0 aliphatic rings. The number of carbonyl (C=O) groups is 1. The molecule has 106 valence electrons. The first-order valence-electron chi connectivity index (χ1n) is 6.72. The highest BCUT2D eigenvalue weighted by molar-refractivity contribution is 5.73. The molecule has 3 nitrogen and oxygen atoms in total. The zero-order valence-corrected chi connectivity index (χ0v) is 11.9. The molecule has 2 amide bonds. The molecule has 0 bridgehead atoms. The molecule has 0 heterocycles. The molecule has 0 fully saturated rings. The molecule has 1 N–H and O–H groups in total. The van der Waals surface area contributed by atoms with Gasteiger partial charge in [-0.15, -0.1) is 0 Å². The first kappa shape index (κ1) is 15.5. The van der Waals surface area contributed by atoms with Crippen LogP contribution in [-0.4, -0.2) is 24.5 Å². The molecule has 0 aliphatic heterocycles. The SMILES string of the molecule is CC(C)CCCNC(=O)N(C)Cc1cccc(F)c1. The molecule has 19 heavy (non-hydrogen) atoms. The van der Waals surface area contributed by atoms with Crippen LogP contribution in [0.25, 0.3) is 0 Å². The number of hydrogen-bond acceptors (Lipinski definition) is 1. The van der Waals surface area contributed by atoms with Crippen molar-refractivity contribution in [3.05, 3.63) is 35.6 Å². The number of benzene rings is 1. The van der Waals surface area contributed by atoms with Gasteiger partial charge in [0, 0.05) is 20.1 Å². The van der Waals surface area contributed by atoms with Crippen LogP contribution in [0.4, 0.5) is 9.18 Å². The normalized spacial score (nSPS) is 10.6. The summed E-state index contributed by atoms with van der Waals surface area (Å²) >= 11 is 0. The Bertz CT molecular complexity index is 407. The first-order chi connectivity index (χ1) is 8.99. The Hall–Kier alpha value is -1.58. The highest BCUT2D eigenvalue weighted by atomic mass is 19.1. The Morgan fingerprint density at radius 1 is 1.42 bits per heavy atom. The van der Waals surface area contributed by atoms with Crippen molar-refractivity contribution in [1.29, 1.82) is 0 Å². The molecule has 1 rings (SSSR count). The molecule has 4 heteroatoms. The van der Waals surface area contributed by atoms with Crippen LogP contribution in [-0.2, 0) is 6.54 Å². The lowest BCUT2D eigenvalue weighted by Crippen LogP contribution is -2.37. The molecule has 0 aromatic heterocycles. The lowest BCUT2D eigenvalue weighted by Gasteiger charge is -2.18. The smallest absolute Gasteiger partial charge is 0.317 e. The number of amides is 2. The molecular formula is C15H23FN2O. The maximum atomic E-state index is 13.0. The predicted molar refractivity (Wildman–Crippen MR) is 75.3 cm³/mol.